The first-order valence-corrected chi connectivity index (χ1v) is 8.07. The van der Waals surface area contributed by atoms with Gasteiger partial charge in [-0.1, -0.05) is 17.8 Å². The molecule has 0 fully saturated rings. The van der Waals surface area contributed by atoms with Crippen molar-refractivity contribution in [3.8, 4) is 0 Å². The van der Waals surface area contributed by atoms with Gasteiger partial charge in [0, 0.05) is 9.79 Å². The van der Waals surface area contributed by atoms with Crippen molar-refractivity contribution in [3.63, 3.8) is 0 Å². The van der Waals surface area contributed by atoms with Gasteiger partial charge in [-0.3, -0.25) is 4.79 Å². The summed E-state index contributed by atoms with van der Waals surface area (Å²) in [5.74, 6) is -1.15. The van der Waals surface area contributed by atoms with E-state index in [1.807, 2.05) is 37.3 Å². The molecule has 0 spiro atoms. The quantitative estimate of drug-likeness (QED) is 0.813. The normalized spacial score (nSPS) is 10.3. The highest BCUT2D eigenvalue weighted by Gasteiger charge is 2.08. The molecule has 0 saturated carbocycles. The molecule has 0 aliphatic rings. The number of rotatable bonds is 6. The average Bonchev–Trinajstić information content (AvgIpc) is 2.50. The molecule has 23 heavy (non-hydrogen) atoms. The Morgan fingerprint density at radius 1 is 1.09 bits per heavy atom. The predicted molar refractivity (Wildman–Crippen MR) is 89.0 cm³/mol. The zero-order valence-electron chi connectivity index (χ0n) is 13.0. The lowest BCUT2D eigenvalue weighted by molar-refractivity contribution is -0.136. The minimum Gasteiger partial charge on any atom is -0.481 e. The van der Waals surface area contributed by atoms with Gasteiger partial charge in [0.25, 0.3) is 0 Å². The van der Waals surface area contributed by atoms with Gasteiger partial charge < -0.3 is 9.84 Å². The highest BCUT2D eigenvalue weighted by Crippen LogP contribution is 2.29. The van der Waals surface area contributed by atoms with Crippen LogP contribution < -0.4 is 0 Å². The number of aliphatic carboxylic acids is 1. The summed E-state index contributed by atoms with van der Waals surface area (Å²) in [4.78, 5) is 24.4. The number of esters is 1. The molecule has 2 aromatic carbocycles. The third-order valence-electron chi connectivity index (χ3n) is 3.26. The minimum atomic E-state index is -0.831. The number of carbonyl (C=O) groups excluding carboxylic acids is 1. The van der Waals surface area contributed by atoms with Crippen molar-refractivity contribution >= 4 is 23.7 Å². The molecular formula is C18H18O4S. The van der Waals surface area contributed by atoms with Crippen molar-refractivity contribution in [2.75, 3.05) is 6.61 Å². The van der Waals surface area contributed by atoms with Gasteiger partial charge in [0.2, 0.25) is 0 Å². The number of ether oxygens (including phenoxy) is 1. The number of hydrogen-bond acceptors (Lipinski definition) is 4. The summed E-state index contributed by atoms with van der Waals surface area (Å²) in [6.45, 7) is 4.04. The lowest BCUT2D eigenvalue weighted by atomic mass is 10.1. The molecular weight excluding hydrogens is 312 g/mol. The van der Waals surface area contributed by atoms with E-state index in [1.54, 1.807) is 30.8 Å². The van der Waals surface area contributed by atoms with E-state index in [9.17, 15) is 9.59 Å². The topological polar surface area (TPSA) is 63.6 Å². The van der Waals surface area contributed by atoms with Crippen molar-refractivity contribution in [1.82, 2.24) is 0 Å². The maximum Gasteiger partial charge on any atom is 0.338 e. The van der Waals surface area contributed by atoms with E-state index < -0.39 is 5.97 Å². The van der Waals surface area contributed by atoms with Gasteiger partial charge in [-0.05, 0) is 61.4 Å². The van der Waals surface area contributed by atoms with Gasteiger partial charge in [0.15, 0.2) is 0 Å². The summed E-state index contributed by atoms with van der Waals surface area (Å²) in [5.41, 5.74) is 2.31. The summed E-state index contributed by atoms with van der Waals surface area (Å²) in [6, 6.07) is 13.0. The molecule has 0 radical (unpaired) electrons. The van der Waals surface area contributed by atoms with Crippen molar-refractivity contribution in [3.05, 3.63) is 59.2 Å². The summed E-state index contributed by atoms with van der Waals surface area (Å²) in [5, 5.41) is 8.86. The summed E-state index contributed by atoms with van der Waals surface area (Å²) in [7, 11) is 0. The molecule has 0 aliphatic carbocycles. The Morgan fingerprint density at radius 2 is 1.74 bits per heavy atom. The van der Waals surface area contributed by atoms with Crippen LogP contribution in [0.2, 0.25) is 0 Å². The van der Waals surface area contributed by atoms with Gasteiger partial charge in [0.1, 0.15) is 0 Å². The molecule has 2 rings (SSSR count). The molecule has 0 amide bonds. The standard InChI is InChI=1S/C18H18O4S/c1-3-22-18(21)13-4-7-15(8-5-13)23-16-9-6-14(11-17(19)20)12(2)10-16/h4-10H,3,11H2,1-2H3,(H,19,20). The van der Waals surface area contributed by atoms with Gasteiger partial charge in [0.05, 0.1) is 18.6 Å². The second-order valence-electron chi connectivity index (χ2n) is 5.01. The van der Waals surface area contributed by atoms with Crippen LogP contribution in [-0.2, 0) is 16.0 Å². The molecule has 5 heteroatoms. The summed E-state index contributed by atoms with van der Waals surface area (Å²) < 4.78 is 4.95. The van der Waals surface area contributed by atoms with E-state index in [2.05, 4.69) is 0 Å². The van der Waals surface area contributed by atoms with Crippen LogP contribution in [0.5, 0.6) is 0 Å². The van der Waals surface area contributed by atoms with Gasteiger partial charge in [-0.15, -0.1) is 0 Å². The Bertz CT molecular complexity index is 707. The van der Waals surface area contributed by atoms with Crippen molar-refractivity contribution < 1.29 is 19.4 Å². The second kappa shape index (κ2) is 7.83. The highest BCUT2D eigenvalue weighted by molar-refractivity contribution is 7.99. The Hall–Kier alpha value is -2.27. The number of hydrogen-bond donors (Lipinski definition) is 1. The Balaban J connectivity index is 2.08. The minimum absolute atomic E-state index is 0.0328. The third kappa shape index (κ3) is 4.86. The average molecular weight is 330 g/mol. The first-order chi connectivity index (χ1) is 11.0. The van der Waals surface area contributed by atoms with Gasteiger partial charge in [-0.25, -0.2) is 4.79 Å². The predicted octanol–water partition coefficient (Wildman–Crippen LogP) is 3.95. The molecule has 0 aromatic heterocycles. The highest BCUT2D eigenvalue weighted by atomic mass is 32.2. The fourth-order valence-corrected chi connectivity index (χ4v) is 3.02. The molecule has 0 bridgehead atoms. The summed E-state index contributed by atoms with van der Waals surface area (Å²) in [6.07, 6.45) is 0.0328. The number of carboxylic acid groups (broad SMARTS) is 1. The monoisotopic (exact) mass is 330 g/mol. The second-order valence-corrected chi connectivity index (χ2v) is 6.15. The number of benzene rings is 2. The van der Waals surface area contributed by atoms with E-state index in [1.165, 1.54) is 0 Å². The fraction of sp³-hybridized carbons (Fsp3) is 0.222. The van der Waals surface area contributed by atoms with Crippen LogP contribution >= 0.6 is 11.8 Å². The molecule has 2 aromatic rings. The van der Waals surface area contributed by atoms with E-state index in [-0.39, 0.29) is 12.4 Å². The van der Waals surface area contributed by atoms with Gasteiger partial charge >= 0.3 is 11.9 Å². The third-order valence-corrected chi connectivity index (χ3v) is 4.25. The van der Waals surface area contributed by atoms with E-state index in [4.69, 9.17) is 9.84 Å². The first kappa shape index (κ1) is 17.1. The van der Waals surface area contributed by atoms with Crippen LogP contribution in [0.25, 0.3) is 0 Å². The molecule has 0 heterocycles. The van der Waals surface area contributed by atoms with Crippen LogP contribution in [0, 0.1) is 6.92 Å². The number of carbonyl (C=O) groups is 2. The molecule has 120 valence electrons. The summed E-state index contributed by atoms with van der Waals surface area (Å²) >= 11 is 1.56. The van der Waals surface area contributed by atoms with Crippen LogP contribution in [0.15, 0.2) is 52.3 Å². The van der Waals surface area contributed by atoms with Crippen LogP contribution in [-0.4, -0.2) is 23.7 Å². The molecule has 4 nitrogen and oxygen atoms in total. The molecule has 0 atom stereocenters. The van der Waals surface area contributed by atoms with Crippen LogP contribution in [0.4, 0.5) is 0 Å². The number of aryl methyl sites for hydroxylation is 1. The fourth-order valence-electron chi connectivity index (χ4n) is 2.10. The van der Waals surface area contributed by atoms with Crippen LogP contribution in [0.1, 0.15) is 28.4 Å². The van der Waals surface area contributed by atoms with Crippen molar-refractivity contribution in [1.29, 1.82) is 0 Å². The molecule has 1 N–H and O–H groups in total. The van der Waals surface area contributed by atoms with E-state index in [0.29, 0.717) is 12.2 Å². The first-order valence-electron chi connectivity index (χ1n) is 7.26. The maximum atomic E-state index is 11.6. The largest absolute Gasteiger partial charge is 0.481 e. The molecule has 0 saturated heterocycles. The van der Waals surface area contributed by atoms with E-state index >= 15 is 0 Å². The molecule has 0 unspecified atom stereocenters. The SMILES string of the molecule is CCOC(=O)c1ccc(Sc2ccc(CC(=O)O)c(C)c2)cc1. The number of carboxylic acids is 1. The maximum absolute atomic E-state index is 11.6. The lowest BCUT2D eigenvalue weighted by Crippen LogP contribution is -2.03. The van der Waals surface area contributed by atoms with E-state index in [0.717, 1.165) is 20.9 Å². The lowest BCUT2D eigenvalue weighted by Gasteiger charge is -2.07. The van der Waals surface area contributed by atoms with Crippen LogP contribution in [0.3, 0.4) is 0 Å². The Morgan fingerprint density at radius 3 is 2.30 bits per heavy atom. The van der Waals surface area contributed by atoms with Crippen molar-refractivity contribution in [2.45, 2.75) is 30.1 Å². The Kier molecular flexibility index (Phi) is 5.82. The molecule has 0 aliphatic heterocycles. The zero-order chi connectivity index (χ0) is 16.8. The zero-order valence-corrected chi connectivity index (χ0v) is 13.9. The Labute approximate surface area is 139 Å². The smallest absolute Gasteiger partial charge is 0.338 e. The van der Waals surface area contributed by atoms with Crippen molar-refractivity contribution in [2.24, 2.45) is 0 Å². The van der Waals surface area contributed by atoms with Gasteiger partial charge in [-0.2, -0.15) is 0 Å².